The number of nitrogens with zero attached hydrogens (tertiary/aromatic N) is 1. The molecule has 20 heavy (non-hydrogen) atoms. The lowest BCUT2D eigenvalue weighted by Crippen LogP contribution is -2.38. The van der Waals surface area contributed by atoms with Crippen molar-refractivity contribution in [1.29, 1.82) is 0 Å². The summed E-state index contributed by atoms with van der Waals surface area (Å²) < 4.78 is 0. The van der Waals surface area contributed by atoms with Crippen LogP contribution in [0.2, 0.25) is 0 Å². The highest BCUT2D eigenvalue weighted by Gasteiger charge is 2.15. The highest BCUT2D eigenvalue weighted by atomic mass is 35.5. The first kappa shape index (κ1) is 14.5. The van der Waals surface area contributed by atoms with Gasteiger partial charge in [0.25, 0.3) is 5.91 Å². The molecule has 2 aromatic rings. The maximum absolute atomic E-state index is 12.2. The quantitative estimate of drug-likeness (QED) is 0.860. The largest absolute Gasteiger partial charge is 0.348 e. The van der Waals surface area contributed by atoms with Crippen molar-refractivity contribution in [1.82, 2.24) is 10.3 Å². The predicted octanol–water partition coefficient (Wildman–Crippen LogP) is 2.97. The van der Waals surface area contributed by atoms with Gasteiger partial charge in [-0.05, 0) is 31.0 Å². The van der Waals surface area contributed by atoms with Crippen molar-refractivity contribution in [3.05, 3.63) is 65.5 Å². The fraction of sp³-hybridized carbons (Fsp3) is 0.250. The molecule has 1 heterocycles. The van der Waals surface area contributed by atoms with E-state index in [2.05, 4.69) is 10.3 Å². The maximum atomic E-state index is 12.2. The van der Waals surface area contributed by atoms with E-state index in [0.717, 1.165) is 17.7 Å². The van der Waals surface area contributed by atoms with Crippen LogP contribution >= 0.6 is 11.6 Å². The van der Waals surface area contributed by atoms with E-state index in [1.54, 1.807) is 18.3 Å². The average molecular weight is 289 g/mol. The minimum atomic E-state index is -0.128. The summed E-state index contributed by atoms with van der Waals surface area (Å²) in [7, 11) is 0. The van der Waals surface area contributed by atoms with Crippen molar-refractivity contribution < 1.29 is 4.79 Å². The van der Waals surface area contributed by atoms with Crippen LogP contribution in [0.1, 0.15) is 21.6 Å². The van der Waals surface area contributed by atoms with Gasteiger partial charge in [0.15, 0.2) is 0 Å². The number of pyridine rings is 1. The van der Waals surface area contributed by atoms with Gasteiger partial charge in [-0.1, -0.05) is 30.3 Å². The zero-order valence-electron chi connectivity index (χ0n) is 11.3. The molecule has 0 radical (unpaired) electrons. The van der Waals surface area contributed by atoms with Crippen LogP contribution in [-0.2, 0) is 6.42 Å². The highest BCUT2D eigenvalue weighted by molar-refractivity contribution is 6.18. The summed E-state index contributed by atoms with van der Waals surface area (Å²) in [5.74, 6) is 0.247. The third-order valence-corrected chi connectivity index (χ3v) is 3.47. The number of alkyl halides is 1. The number of benzene rings is 1. The van der Waals surface area contributed by atoms with Crippen LogP contribution in [-0.4, -0.2) is 22.8 Å². The lowest BCUT2D eigenvalue weighted by atomic mass is 10.1. The van der Waals surface area contributed by atoms with Crippen LogP contribution in [0, 0.1) is 6.92 Å². The van der Waals surface area contributed by atoms with E-state index in [1.165, 1.54) is 0 Å². The average Bonchev–Trinajstić information content (AvgIpc) is 2.48. The van der Waals surface area contributed by atoms with Gasteiger partial charge in [0, 0.05) is 23.8 Å². The fourth-order valence-corrected chi connectivity index (χ4v) is 2.22. The summed E-state index contributed by atoms with van der Waals surface area (Å²) in [6.45, 7) is 1.82. The highest BCUT2D eigenvalue weighted by Crippen LogP contribution is 2.08. The normalized spacial score (nSPS) is 11.9. The Kier molecular flexibility index (Phi) is 5.13. The van der Waals surface area contributed by atoms with Gasteiger partial charge in [0.05, 0.1) is 5.56 Å². The molecule has 0 aliphatic carbocycles. The number of hydrogen-bond donors (Lipinski definition) is 1. The number of rotatable bonds is 5. The van der Waals surface area contributed by atoms with Gasteiger partial charge in [0.2, 0.25) is 0 Å². The Morgan fingerprint density at radius 3 is 2.65 bits per heavy atom. The van der Waals surface area contributed by atoms with Crippen molar-refractivity contribution >= 4 is 17.5 Å². The summed E-state index contributed by atoms with van der Waals surface area (Å²) in [4.78, 5) is 16.3. The Morgan fingerprint density at radius 2 is 2.00 bits per heavy atom. The van der Waals surface area contributed by atoms with Gasteiger partial charge in [-0.15, -0.1) is 11.6 Å². The smallest absolute Gasteiger partial charge is 0.253 e. The van der Waals surface area contributed by atoms with Crippen LogP contribution in [0.25, 0.3) is 0 Å². The standard InChI is InChI=1S/C16H17ClN2O/c1-12-15(8-5-9-18-12)16(20)19-14(11-17)10-13-6-3-2-4-7-13/h2-9,14H,10-11H2,1H3,(H,19,20). The van der Waals surface area contributed by atoms with Gasteiger partial charge in [0.1, 0.15) is 0 Å². The molecule has 1 unspecified atom stereocenters. The first-order chi connectivity index (χ1) is 9.70. The zero-order valence-corrected chi connectivity index (χ0v) is 12.1. The molecule has 2 rings (SSSR count). The van der Waals surface area contributed by atoms with Crippen LogP contribution in [0.4, 0.5) is 0 Å². The molecule has 0 fully saturated rings. The molecule has 0 aliphatic heterocycles. The second-order valence-electron chi connectivity index (χ2n) is 4.65. The third kappa shape index (κ3) is 3.81. The van der Waals surface area contributed by atoms with Crippen molar-refractivity contribution in [2.75, 3.05) is 5.88 Å². The molecule has 0 bridgehead atoms. The minimum absolute atomic E-state index is 0.0915. The summed E-state index contributed by atoms with van der Waals surface area (Å²) in [5.41, 5.74) is 2.47. The number of nitrogens with one attached hydrogen (secondary N) is 1. The molecule has 4 heteroatoms. The second kappa shape index (κ2) is 7.06. The first-order valence-electron chi connectivity index (χ1n) is 6.53. The maximum Gasteiger partial charge on any atom is 0.253 e. The van der Waals surface area contributed by atoms with Crippen LogP contribution in [0.15, 0.2) is 48.7 Å². The Labute approximate surface area is 124 Å². The van der Waals surface area contributed by atoms with Crippen molar-refractivity contribution in [3.63, 3.8) is 0 Å². The lowest BCUT2D eigenvalue weighted by molar-refractivity contribution is 0.0939. The number of aromatic nitrogens is 1. The van der Waals surface area contributed by atoms with E-state index in [0.29, 0.717) is 11.4 Å². The molecule has 3 nitrogen and oxygen atoms in total. The van der Waals surface area contributed by atoms with Gasteiger partial charge in [-0.3, -0.25) is 9.78 Å². The Bertz CT molecular complexity index is 572. The van der Waals surface area contributed by atoms with Gasteiger partial charge >= 0.3 is 0 Å². The van der Waals surface area contributed by atoms with E-state index in [1.807, 2.05) is 37.3 Å². The second-order valence-corrected chi connectivity index (χ2v) is 4.96. The van der Waals surface area contributed by atoms with Crippen LogP contribution in [0.3, 0.4) is 0 Å². The fourth-order valence-electron chi connectivity index (χ4n) is 2.03. The van der Waals surface area contributed by atoms with Crippen molar-refractivity contribution in [2.45, 2.75) is 19.4 Å². The number of amides is 1. The zero-order chi connectivity index (χ0) is 14.4. The molecule has 1 atom stereocenters. The number of aryl methyl sites for hydroxylation is 1. The summed E-state index contributed by atoms with van der Waals surface area (Å²) >= 11 is 5.96. The molecule has 1 amide bonds. The molecule has 0 saturated heterocycles. The first-order valence-corrected chi connectivity index (χ1v) is 7.06. The Morgan fingerprint density at radius 1 is 1.25 bits per heavy atom. The van der Waals surface area contributed by atoms with Gasteiger partial charge in [-0.25, -0.2) is 0 Å². The topological polar surface area (TPSA) is 42.0 Å². The summed E-state index contributed by atoms with van der Waals surface area (Å²) in [6, 6.07) is 13.4. The van der Waals surface area contributed by atoms with Crippen LogP contribution in [0.5, 0.6) is 0 Å². The predicted molar refractivity (Wildman–Crippen MR) is 81.1 cm³/mol. The SMILES string of the molecule is Cc1ncccc1C(=O)NC(CCl)Cc1ccccc1. The van der Waals surface area contributed by atoms with Crippen molar-refractivity contribution in [2.24, 2.45) is 0 Å². The molecule has 0 saturated carbocycles. The Balaban J connectivity index is 2.03. The third-order valence-electron chi connectivity index (χ3n) is 3.10. The summed E-state index contributed by atoms with van der Waals surface area (Å²) in [5, 5.41) is 2.96. The molecule has 1 aromatic carbocycles. The van der Waals surface area contributed by atoms with Gasteiger partial charge < -0.3 is 5.32 Å². The van der Waals surface area contributed by atoms with Crippen LogP contribution < -0.4 is 5.32 Å². The molecule has 0 aliphatic rings. The monoisotopic (exact) mass is 288 g/mol. The minimum Gasteiger partial charge on any atom is -0.348 e. The van der Waals surface area contributed by atoms with E-state index < -0.39 is 0 Å². The number of carbonyl (C=O) groups is 1. The molecule has 1 aromatic heterocycles. The van der Waals surface area contributed by atoms with E-state index in [9.17, 15) is 4.79 Å². The molecular formula is C16H17ClN2O. The van der Waals surface area contributed by atoms with Crippen molar-refractivity contribution in [3.8, 4) is 0 Å². The lowest BCUT2D eigenvalue weighted by Gasteiger charge is -2.16. The van der Waals surface area contributed by atoms with E-state index in [4.69, 9.17) is 11.6 Å². The van der Waals surface area contributed by atoms with Gasteiger partial charge in [-0.2, -0.15) is 0 Å². The molecule has 104 valence electrons. The van der Waals surface area contributed by atoms with E-state index in [-0.39, 0.29) is 11.9 Å². The number of halogens is 1. The summed E-state index contributed by atoms with van der Waals surface area (Å²) in [6.07, 6.45) is 2.39. The number of hydrogen-bond acceptors (Lipinski definition) is 2. The molecule has 1 N–H and O–H groups in total. The molecular weight excluding hydrogens is 272 g/mol. The number of carbonyl (C=O) groups excluding carboxylic acids is 1. The Hall–Kier alpha value is -1.87. The van der Waals surface area contributed by atoms with E-state index >= 15 is 0 Å². The molecule has 0 spiro atoms.